The number of piperazine rings is 1. The molecule has 1 heterocycles. The Bertz CT molecular complexity index is 995. The summed E-state index contributed by atoms with van der Waals surface area (Å²) in [6, 6.07) is 11.2. The van der Waals surface area contributed by atoms with E-state index in [2.05, 4.69) is 26.1 Å². The van der Waals surface area contributed by atoms with E-state index in [0.717, 1.165) is 28.8 Å². The molecule has 2 aromatic rings. The average molecular weight is 504 g/mol. The normalized spacial score (nSPS) is 14.2. The van der Waals surface area contributed by atoms with Crippen molar-refractivity contribution in [3.05, 3.63) is 52.0 Å². The highest BCUT2D eigenvalue weighted by Crippen LogP contribution is 2.27. The van der Waals surface area contributed by atoms with E-state index in [9.17, 15) is 9.59 Å². The maximum Gasteiger partial charge on any atom is 0.410 e. The van der Waals surface area contributed by atoms with Gasteiger partial charge in [-0.3, -0.25) is 4.79 Å². The number of hydrogen-bond donors (Lipinski definition) is 1. The van der Waals surface area contributed by atoms with E-state index in [1.807, 2.05) is 52.0 Å². The minimum Gasteiger partial charge on any atom is -0.496 e. The minimum atomic E-state index is -0.495. The van der Waals surface area contributed by atoms with Gasteiger partial charge in [0.1, 0.15) is 11.4 Å². The van der Waals surface area contributed by atoms with Crippen LogP contribution in [0.25, 0.3) is 0 Å². The van der Waals surface area contributed by atoms with Gasteiger partial charge < -0.3 is 24.6 Å². The van der Waals surface area contributed by atoms with E-state index >= 15 is 0 Å². The third-order valence-corrected chi connectivity index (χ3v) is 5.63. The molecule has 1 aliphatic heterocycles. The van der Waals surface area contributed by atoms with Gasteiger partial charge in [-0.05, 0) is 69.7 Å². The number of nitrogens with one attached hydrogen (secondary N) is 1. The molecule has 0 unspecified atom stereocenters. The summed E-state index contributed by atoms with van der Waals surface area (Å²) in [5.41, 5.74) is 2.83. The van der Waals surface area contributed by atoms with Crippen LogP contribution in [0.5, 0.6) is 5.75 Å². The van der Waals surface area contributed by atoms with Crippen LogP contribution in [0.15, 0.2) is 40.9 Å². The molecule has 7 nitrogen and oxygen atoms in total. The molecular weight excluding hydrogens is 474 g/mol. The molecule has 0 aromatic heterocycles. The monoisotopic (exact) mass is 503 g/mol. The van der Waals surface area contributed by atoms with E-state index in [1.54, 1.807) is 24.1 Å². The Hall–Kier alpha value is -2.74. The van der Waals surface area contributed by atoms with Crippen molar-refractivity contribution in [2.24, 2.45) is 0 Å². The van der Waals surface area contributed by atoms with Crippen LogP contribution in [0, 0.1) is 6.92 Å². The number of aryl methyl sites for hydroxylation is 1. The van der Waals surface area contributed by atoms with Gasteiger partial charge in [-0.15, -0.1) is 0 Å². The lowest BCUT2D eigenvalue weighted by Crippen LogP contribution is -2.50. The molecule has 2 amide bonds. The number of carbonyl (C=O) groups excluding carboxylic acids is 2. The van der Waals surface area contributed by atoms with Gasteiger partial charge in [0.15, 0.2) is 0 Å². The smallest absolute Gasteiger partial charge is 0.410 e. The fraction of sp³-hybridized carbons (Fsp3) is 0.417. The summed E-state index contributed by atoms with van der Waals surface area (Å²) < 4.78 is 11.6. The Morgan fingerprint density at radius 1 is 1.03 bits per heavy atom. The van der Waals surface area contributed by atoms with Gasteiger partial charge >= 0.3 is 6.09 Å². The van der Waals surface area contributed by atoms with Crippen molar-refractivity contribution in [3.63, 3.8) is 0 Å². The number of rotatable bonds is 4. The molecule has 0 aliphatic carbocycles. The first kappa shape index (κ1) is 23.9. The summed E-state index contributed by atoms with van der Waals surface area (Å²) >= 11 is 3.39. The van der Waals surface area contributed by atoms with Crippen molar-refractivity contribution < 1.29 is 19.1 Å². The van der Waals surface area contributed by atoms with Crippen molar-refractivity contribution in [2.45, 2.75) is 33.3 Å². The number of carbonyl (C=O) groups is 2. The Morgan fingerprint density at radius 2 is 1.72 bits per heavy atom. The third-order valence-electron chi connectivity index (χ3n) is 5.13. The second kappa shape index (κ2) is 9.81. The Morgan fingerprint density at radius 3 is 2.31 bits per heavy atom. The predicted molar refractivity (Wildman–Crippen MR) is 130 cm³/mol. The maximum absolute atomic E-state index is 12.7. The van der Waals surface area contributed by atoms with E-state index in [0.29, 0.717) is 30.1 Å². The van der Waals surface area contributed by atoms with Gasteiger partial charge in [-0.25, -0.2) is 4.79 Å². The predicted octanol–water partition coefficient (Wildman–Crippen LogP) is 5.08. The van der Waals surface area contributed by atoms with Gasteiger partial charge in [0.05, 0.1) is 12.7 Å². The number of nitrogens with zero attached hydrogens (tertiary/aromatic N) is 2. The van der Waals surface area contributed by atoms with Crippen LogP contribution in [0.1, 0.15) is 36.7 Å². The minimum absolute atomic E-state index is 0.229. The molecule has 172 valence electrons. The zero-order chi connectivity index (χ0) is 23.5. The number of anilines is 2. The highest BCUT2D eigenvalue weighted by Gasteiger charge is 2.26. The molecule has 0 saturated carbocycles. The summed E-state index contributed by atoms with van der Waals surface area (Å²) in [6.07, 6.45) is -0.268. The molecule has 1 N–H and O–H groups in total. The first-order valence-electron chi connectivity index (χ1n) is 10.6. The quantitative estimate of drug-likeness (QED) is 0.629. The van der Waals surface area contributed by atoms with Crippen LogP contribution in [0.3, 0.4) is 0 Å². The lowest BCUT2D eigenvalue weighted by Gasteiger charge is -2.37. The molecular formula is C24H30BrN3O4. The number of hydrogen-bond acceptors (Lipinski definition) is 5. The Balaban J connectivity index is 1.64. The summed E-state index contributed by atoms with van der Waals surface area (Å²) in [6.45, 7) is 10.3. The second-order valence-electron chi connectivity index (χ2n) is 8.75. The molecule has 0 bridgehead atoms. The number of benzene rings is 2. The molecule has 3 rings (SSSR count). The zero-order valence-electron chi connectivity index (χ0n) is 19.2. The fourth-order valence-electron chi connectivity index (χ4n) is 3.60. The van der Waals surface area contributed by atoms with Crippen molar-refractivity contribution >= 4 is 39.3 Å². The first-order chi connectivity index (χ1) is 15.1. The van der Waals surface area contributed by atoms with Crippen LogP contribution >= 0.6 is 15.9 Å². The van der Waals surface area contributed by atoms with Crippen LogP contribution in [0.2, 0.25) is 0 Å². The van der Waals surface area contributed by atoms with E-state index in [-0.39, 0.29) is 12.0 Å². The van der Waals surface area contributed by atoms with Crippen LogP contribution in [-0.4, -0.2) is 55.8 Å². The van der Waals surface area contributed by atoms with Crippen molar-refractivity contribution in [2.75, 3.05) is 43.5 Å². The topological polar surface area (TPSA) is 71.1 Å². The second-order valence-corrected chi connectivity index (χ2v) is 9.67. The van der Waals surface area contributed by atoms with Crippen molar-refractivity contribution in [3.8, 4) is 5.75 Å². The molecule has 1 fully saturated rings. The third kappa shape index (κ3) is 5.94. The van der Waals surface area contributed by atoms with Gasteiger partial charge in [0.25, 0.3) is 5.91 Å². The molecule has 32 heavy (non-hydrogen) atoms. The fourth-order valence-corrected chi connectivity index (χ4v) is 3.94. The number of halogens is 1. The summed E-state index contributed by atoms with van der Waals surface area (Å²) in [5, 5.41) is 2.94. The van der Waals surface area contributed by atoms with Crippen LogP contribution in [0.4, 0.5) is 16.2 Å². The largest absolute Gasteiger partial charge is 0.496 e. The number of methoxy groups -OCH3 is 1. The summed E-state index contributed by atoms with van der Waals surface area (Å²) in [4.78, 5) is 29.0. The zero-order valence-corrected chi connectivity index (χ0v) is 20.8. The van der Waals surface area contributed by atoms with Gasteiger partial charge in [-0.2, -0.15) is 0 Å². The van der Waals surface area contributed by atoms with Crippen LogP contribution < -0.4 is 15.0 Å². The number of ether oxygens (including phenoxy) is 2. The molecule has 0 radical (unpaired) electrons. The maximum atomic E-state index is 12.7. The molecule has 0 spiro atoms. The Kier molecular flexibility index (Phi) is 7.33. The van der Waals surface area contributed by atoms with Gasteiger partial charge in [-0.1, -0.05) is 15.9 Å². The van der Waals surface area contributed by atoms with E-state index in [1.165, 1.54) is 0 Å². The Labute approximate surface area is 197 Å². The lowest BCUT2D eigenvalue weighted by atomic mass is 10.1. The highest BCUT2D eigenvalue weighted by molar-refractivity contribution is 9.10. The van der Waals surface area contributed by atoms with Gasteiger partial charge in [0.2, 0.25) is 0 Å². The molecule has 0 atom stereocenters. The van der Waals surface area contributed by atoms with Crippen LogP contribution in [-0.2, 0) is 4.74 Å². The standard InChI is InChI=1S/C24H30BrN3O4/c1-16-14-18(26-22(29)19-8-6-17(25)15-21(19)31-5)7-9-20(16)27-10-12-28(13-11-27)23(30)32-24(2,3)4/h6-9,14-15H,10-13H2,1-5H3,(H,26,29). The summed E-state index contributed by atoms with van der Waals surface area (Å²) in [7, 11) is 1.54. The van der Waals surface area contributed by atoms with Crippen molar-refractivity contribution in [1.82, 2.24) is 4.90 Å². The van der Waals surface area contributed by atoms with E-state index < -0.39 is 5.60 Å². The molecule has 2 aromatic carbocycles. The average Bonchev–Trinajstić information content (AvgIpc) is 2.72. The molecule has 1 aliphatic rings. The summed E-state index contributed by atoms with van der Waals surface area (Å²) in [5.74, 6) is 0.278. The first-order valence-corrected chi connectivity index (χ1v) is 11.3. The highest BCUT2D eigenvalue weighted by atomic mass is 79.9. The van der Waals surface area contributed by atoms with E-state index in [4.69, 9.17) is 9.47 Å². The SMILES string of the molecule is COc1cc(Br)ccc1C(=O)Nc1ccc(N2CCN(C(=O)OC(C)(C)C)CC2)c(C)c1. The molecule has 1 saturated heterocycles. The lowest BCUT2D eigenvalue weighted by molar-refractivity contribution is 0.0240. The van der Waals surface area contributed by atoms with Crippen molar-refractivity contribution in [1.29, 1.82) is 0 Å². The molecule has 8 heteroatoms. The van der Waals surface area contributed by atoms with Gasteiger partial charge in [0, 0.05) is 42.0 Å². The number of amides is 2.